The second-order valence-electron chi connectivity index (χ2n) is 4.61. The molecule has 0 radical (unpaired) electrons. The topological polar surface area (TPSA) is 49.8 Å². The third kappa shape index (κ3) is 3.78. The van der Waals surface area contributed by atoms with Crippen molar-refractivity contribution in [3.8, 4) is 0 Å². The lowest BCUT2D eigenvalue weighted by Crippen LogP contribution is -2.21. The van der Waals surface area contributed by atoms with Gasteiger partial charge >= 0.3 is 0 Å². The summed E-state index contributed by atoms with van der Waals surface area (Å²) < 4.78 is 4.32. The number of rotatable bonds is 5. The van der Waals surface area contributed by atoms with E-state index in [4.69, 9.17) is 0 Å². The highest BCUT2D eigenvalue weighted by Gasteiger charge is 2.07. The molecule has 17 heavy (non-hydrogen) atoms. The van der Waals surface area contributed by atoms with E-state index in [0.717, 1.165) is 37.0 Å². The molecule has 0 saturated carbocycles. The standard InChI is InChI=1S/C12H20N4S/c1-9(2)11-15-12(17-16-11)14-8-5-10-3-6-13-7-4-10/h3,9,13H,4-8H2,1-2H3,(H,14,15,16). The molecule has 5 heteroatoms. The Kier molecular flexibility index (Phi) is 4.50. The predicted octanol–water partition coefficient (Wildman–Crippen LogP) is 2.38. The van der Waals surface area contributed by atoms with Gasteiger partial charge in [-0.05, 0) is 19.4 Å². The minimum Gasteiger partial charge on any atom is -0.360 e. The van der Waals surface area contributed by atoms with Crippen molar-refractivity contribution in [1.29, 1.82) is 0 Å². The van der Waals surface area contributed by atoms with Crippen LogP contribution in [0, 0.1) is 0 Å². The fraction of sp³-hybridized carbons (Fsp3) is 0.667. The molecule has 94 valence electrons. The predicted molar refractivity (Wildman–Crippen MR) is 72.7 cm³/mol. The lowest BCUT2D eigenvalue weighted by Gasteiger charge is -2.13. The molecule has 4 nitrogen and oxygen atoms in total. The van der Waals surface area contributed by atoms with Crippen molar-refractivity contribution >= 4 is 16.7 Å². The molecule has 0 atom stereocenters. The van der Waals surface area contributed by atoms with Crippen LogP contribution in [0.25, 0.3) is 0 Å². The average molecular weight is 252 g/mol. The van der Waals surface area contributed by atoms with E-state index in [1.807, 2.05) is 0 Å². The van der Waals surface area contributed by atoms with E-state index in [1.165, 1.54) is 18.0 Å². The molecule has 2 heterocycles. The maximum atomic E-state index is 4.46. The third-order valence-electron chi connectivity index (χ3n) is 2.84. The molecule has 0 saturated heterocycles. The molecule has 0 amide bonds. The van der Waals surface area contributed by atoms with Gasteiger partial charge in [-0.3, -0.25) is 0 Å². The number of hydrogen-bond donors (Lipinski definition) is 2. The van der Waals surface area contributed by atoms with Crippen molar-refractivity contribution in [2.75, 3.05) is 25.0 Å². The number of nitrogens with one attached hydrogen (secondary N) is 2. The Morgan fingerprint density at radius 1 is 1.53 bits per heavy atom. The molecule has 1 aromatic heterocycles. The molecule has 0 fully saturated rings. The van der Waals surface area contributed by atoms with E-state index in [2.05, 4.69) is 39.9 Å². The van der Waals surface area contributed by atoms with Crippen LogP contribution in [-0.4, -0.2) is 29.0 Å². The van der Waals surface area contributed by atoms with Crippen LogP contribution in [0.3, 0.4) is 0 Å². The van der Waals surface area contributed by atoms with Gasteiger partial charge in [-0.1, -0.05) is 25.5 Å². The first-order valence-electron chi connectivity index (χ1n) is 6.22. The lowest BCUT2D eigenvalue weighted by atomic mass is 10.1. The van der Waals surface area contributed by atoms with E-state index >= 15 is 0 Å². The first kappa shape index (κ1) is 12.5. The third-order valence-corrected chi connectivity index (χ3v) is 3.53. The Morgan fingerprint density at radius 3 is 3.06 bits per heavy atom. The molecular formula is C12H20N4S. The molecule has 1 aliphatic rings. The highest BCUT2D eigenvalue weighted by atomic mass is 32.1. The average Bonchev–Trinajstić information content (AvgIpc) is 2.79. The maximum Gasteiger partial charge on any atom is 0.202 e. The second-order valence-corrected chi connectivity index (χ2v) is 5.36. The van der Waals surface area contributed by atoms with Crippen LogP contribution in [0.5, 0.6) is 0 Å². The van der Waals surface area contributed by atoms with Crippen molar-refractivity contribution in [2.45, 2.75) is 32.6 Å². The molecule has 2 rings (SSSR count). The van der Waals surface area contributed by atoms with Gasteiger partial charge in [-0.25, -0.2) is 4.98 Å². The minimum absolute atomic E-state index is 0.411. The minimum atomic E-state index is 0.411. The zero-order valence-corrected chi connectivity index (χ0v) is 11.3. The van der Waals surface area contributed by atoms with Crippen LogP contribution in [0.4, 0.5) is 5.13 Å². The molecule has 1 aliphatic heterocycles. The van der Waals surface area contributed by atoms with Crippen molar-refractivity contribution in [3.05, 3.63) is 17.5 Å². The summed E-state index contributed by atoms with van der Waals surface area (Å²) in [7, 11) is 0. The fourth-order valence-electron chi connectivity index (χ4n) is 1.77. The van der Waals surface area contributed by atoms with Gasteiger partial charge in [-0.2, -0.15) is 4.37 Å². The molecule has 0 aliphatic carbocycles. The molecule has 1 aromatic rings. The number of nitrogens with zero attached hydrogens (tertiary/aromatic N) is 2. The maximum absolute atomic E-state index is 4.46. The van der Waals surface area contributed by atoms with Crippen LogP contribution < -0.4 is 10.6 Å². The van der Waals surface area contributed by atoms with Crippen molar-refractivity contribution in [2.24, 2.45) is 0 Å². The Balaban J connectivity index is 1.75. The summed E-state index contributed by atoms with van der Waals surface area (Å²) in [5.74, 6) is 1.35. The Bertz CT molecular complexity index is 384. The Labute approximate surface area is 107 Å². The number of aromatic nitrogens is 2. The van der Waals surface area contributed by atoms with Crippen LogP contribution in [0.15, 0.2) is 11.6 Å². The summed E-state index contributed by atoms with van der Waals surface area (Å²) in [4.78, 5) is 4.46. The summed E-state index contributed by atoms with van der Waals surface area (Å²) in [5.41, 5.74) is 1.55. The van der Waals surface area contributed by atoms with Crippen LogP contribution in [-0.2, 0) is 0 Å². The highest BCUT2D eigenvalue weighted by molar-refractivity contribution is 7.09. The van der Waals surface area contributed by atoms with Crippen molar-refractivity contribution in [1.82, 2.24) is 14.7 Å². The van der Waals surface area contributed by atoms with Gasteiger partial charge in [0.25, 0.3) is 0 Å². The fourth-order valence-corrected chi connectivity index (χ4v) is 2.50. The Hall–Kier alpha value is -0.940. The Morgan fingerprint density at radius 2 is 2.41 bits per heavy atom. The number of anilines is 1. The van der Waals surface area contributed by atoms with Crippen molar-refractivity contribution < 1.29 is 0 Å². The molecule has 0 bridgehead atoms. The zero-order chi connectivity index (χ0) is 12.1. The quantitative estimate of drug-likeness (QED) is 0.790. The summed E-state index contributed by atoms with van der Waals surface area (Å²) in [5, 5.41) is 7.62. The van der Waals surface area contributed by atoms with Crippen LogP contribution in [0.1, 0.15) is 38.4 Å². The normalized spacial score (nSPS) is 16.1. The van der Waals surface area contributed by atoms with E-state index in [0.29, 0.717) is 5.92 Å². The van der Waals surface area contributed by atoms with Crippen LogP contribution >= 0.6 is 11.5 Å². The van der Waals surface area contributed by atoms with E-state index in [9.17, 15) is 0 Å². The zero-order valence-electron chi connectivity index (χ0n) is 10.5. The van der Waals surface area contributed by atoms with E-state index in [-0.39, 0.29) is 0 Å². The summed E-state index contributed by atoms with van der Waals surface area (Å²) >= 11 is 1.46. The number of hydrogen-bond acceptors (Lipinski definition) is 5. The first-order valence-corrected chi connectivity index (χ1v) is 6.99. The van der Waals surface area contributed by atoms with Gasteiger partial charge in [0.15, 0.2) is 0 Å². The molecule has 0 aromatic carbocycles. The second kappa shape index (κ2) is 6.12. The largest absolute Gasteiger partial charge is 0.360 e. The van der Waals surface area contributed by atoms with Gasteiger partial charge in [0.2, 0.25) is 5.13 Å². The monoisotopic (exact) mass is 252 g/mol. The molecular weight excluding hydrogens is 232 g/mol. The van der Waals surface area contributed by atoms with Gasteiger partial charge in [0.05, 0.1) is 0 Å². The van der Waals surface area contributed by atoms with Crippen LogP contribution in [0.2, 0.25) is 0 Å². The summed E-state index contributed by atoms with van der Waals surface area (Å²) in [6.45, 7) is 7.32. The van der Waals surface area contributed by atoms with E-state index in [1.54, 1.807) is 5.57 Å². The van der Waals surface area contributed by atoms with Crippen molar-refractivity contribution in [3.63, 3.8) is 0 Å². The lowest BCUT2D eigenvalue weighted by molar-refractivity contribution is 0.683. The summed E-state index contributed by atoms with van der Waals surface area (Å²) in [6, 6.07) is 0. The van der Waals surface area contributed by atoms with Gasteiger partial charge < -0.3 is 10.6 Å². The van der Waals surface area contributed by atoms with Gasteiger partial charge in [-0.15, -0.1) is 0 Å². The highest BCUT2D eigenvalue weighted by Crippen LogP contribution is 2.17. The molecule has 0 spiro atoms. The molecule has 2 N–H and O–H groups in total. The summed E-state index contributed by atoms with van der Waals surface area (Å²) in [6.07, 6.45) is 4.58. The van der Waals surface area contributed by atoms with Gasteiger partial charge in [0, 0.05) is 30.5 Å². The van der Waals surface area contributed by atoms with E-state index < -0.39 is 0 Å². The van der Waals surface area contributed by atoms with Gasteiger partial charge in [0.1, 0.15) is 5.82 Å². The smallest absolute Gasteiger partial charge is 0.202 e. The SMILES string of the molecule is CC(C)c1nsc(NCCC2=CCNCC2)n1. The molecule has 0 unspecified atom stereocenters. The first-order chi connectivity index (χ1) is 8.25.